The minimum atomic E-state index is -4.58. The summed E-state index contributed by atoms with van der Waals surface area (Å²) in [7, 11) is 2.88. The van der Waals surface area contributed by atoms with Gasteiger partial charge in [0.2, 0.25) is 0 Å². The van der Waals surface area contributed by atoms with Crippen LogP contribution in [-0.2, 0) is 4.74 Å². The number of aromatic nitrogens is 2. The molecule has 2 aromatic heterocycles. The summed E-state index contributed by atoms with van der Waals surface area (Å²) in [4.78, 5) is 26.5. The van der Waals surface area contributed by atoms with Gasteiger partial charge in [-0.2, -0.15) is 30.0 Å². The van der Waals surface area contributed by atoms with E-state index >= 15 is 0 Å². The fourth-order valence-corrected chi connectivity index (χ4v) is 6.25. The maximum absolute atomic E-state index is 13.7. The monoisotopic (exact) mass is 649 g/mol. The Hall–Kier alpha value is -3.70. The fraction of sp³-hybridized carbons (Fsp3) is 0.433. The molecule has 0 spiro atoms. The Labute approximate surface area is 262 Å². The second-order valence-corrected chi connectivity index (χ2v) is 13.1. The molecule has 1 fully saturated rings. The number of hydrogen-bond acceptors (Lipinski definition) is 8. The van der Waals surface area contributed by atoms with Crippen molar-refractivity contribution in [2.45, 2.75) is 55.7 Å². The molecule has 3 heterocycles. The standard InChI is InChI=1S/C30H34F3N5O4S2/c1-29(2,3)42-28(40)37(22-12-11-19(27(39)34-4)18-24(22)41-5)15-7-8-21-26(44-30(31,32)33)23-9-6-10-25(38(23)36-21)35-20-13-16-43-17-14-20/h6,9-12,18,20,35H,13-17H2,1-5H3,(H,34,39). The lowest BCUT2D eigenvalue weighted by Gasteiger charge is -2.27. The SMILES string of the molecule is CNC(=O)c1ccc(N(CC#Cc2nn3c(NC4CCSCC4)cccc3c2SC(F)(F)F)C(=O)OC(C)(C)C)c(OC)c1. The number of nitrogens with zero attached hydrogens (tertiary/aromatic N) is 3. The zero-order chi connectivity index (χ0) is 32.1. The molecule has 0 radical (unpaired) electrons. The molecule has 0 atom stereocenters. The molecule has 0 aliphatic carbocycles. The molecule has 0 bridgehead atoms. The summed E-state index contributed by atoms with van der Waals surface area (Å²) in [6.07, 6.45) is 1.12. The van der Waals surface area contributed by atoms with Crippen molar-refractivity contribution in [2.75, 3.05) is 42.4 Å². The quantitative estimate of drug-likeness (QED) is 0.224. The maximum Gasteiger partial charge on any atom is 0.446 e. The third-order valence-electron chi connectivity index (χ3n) is 6.42. The van der Waals surface area contributed by atoms with Gasteiger partial charge in [0.05, 0.1) is 29.8 Å². The van der Waals surface area contributed by atoms with Crippen LogP contribution >= 0.6 is 23.5 Å². The molecule has 0 saturated carbocycles. The summed E-state index contributed by atoms with van der Waals surface area (Å²) in [6.45, 7) is 4.85. The second kappa shape index (κ2) is 13.9. The smallest absolute Gasteiger partial charge is 0.446 e. The van der Waals surface area contributed by atoms with Crippen LogP contribution < -0.4 is 20.3 Å². The number of nitrogens with one attached hydrogen (secondary N) is 2. The summed E-state index contributed by atoms with van der Waals surface area (Å²) in [5.41, 5.74) is -4.67. The molecule has 236 valence electrons. The number of methoxy groups -OCH3 is 1. The van der Waals surface area contributed by atoms with Crippen LogP contribution in [-0.4, -0.2) is 71.0 Å². The molecule has 3 aromatic rings. The Morgan fingerprint density at radius 1 is 1.18 bits per heavy atom. The number of rotatable bonds is 7. The van der Waals surface area contributed by atoms with Gasteiger partial charge in [-0.1, -0.05) is 12.0 Å². The van der Waals surface area contributed by atoms with Crippen LogP contribution in [0.2, 0.25) is 0 Å². The molecule has 1 aliphatic heterocycles. The molecular formula is C30H34F3N5O4S2. The molecule has 0 unspecified atom stereocenters. The number of carbonyl (C=O) groups excluding carboxylic acids is 2. The highest BCUT2D eigenvalue weighted by Gasteiger charge is 2.33. The largest absolute Gasteiger partial charge is 0.495 e. The van der Waals surface area contributed by atoms with Gasteiger partial charge in [0.1, 0.15) is 22.9 Å². The lowest BCUT2D eigenvalue weighted by molar-refractivity contribution is -0.0328. The first-order chi connectivity index (χ1) is 20.8. The van der Waals surface area contributed by atoms with Crippen LogP contribution in [0, 0.1) is 11.8 Å². The molecule has 2 N–H and O–H groups in total. The molecule has 1 aliphatic rings. The number of alkyl halides is 3. The Kier molecular flexibility index (Phi) is 10.5. The number of amides is 2. The first kappa shape index (κ1) is 33.2. The van der Waals surface area contributed by atoms with E-state index < -0.39 is 17.2 Å². The number of fused-ring (bicyclic) bond motifs is 1. The van der Waals surface area contributed by atoms with E-state index in [9.17, 15) is 22.8 Å². The van der Waals surface area contributed by atoms with E-state index in [4.69, 9.17) is 9.47 Å². The minimum Gasteiger partial charge on any atom is -0.495 e. The molecule has 1 saturated heterocycles. The van der Waals surface area contributed by atoms with E-state index in [0.29, 0.717) is 11.4 Å². The van der Waals surface area contributed by atoms with E-state index in [1.54, 1.807) is 39.0 Å². The number of halogens is 3. The highest BCUT2D eigenvalue weighted by atomic mass is 32.2. The van der Waals surface area contributed by atoms with Crippen LogP contribution in [0.15, 0.2) is 41.3 Å². The fourth-order valence-electron chi connectivity index (χ4n) is 4.46. The van der Waals surface area contributed by atoms with Crippen LogP contribution in [0.1, 0.15) is 49.7 Å². The third kappa shape index (κ3) is 8.47. The number of ether oxygens (including phenoxy) is 2. The number of benzene rings is 1. The number of hydrogen-bond donors (Lipinski definition) is 2. The van der Waals surface area contributed by atoms with E-state index in [0.717, 1.165) is 24.3 Å². The topological polar surface area (TPSA) is 97.2 Å². The molecular weight excluding hydrogens is 615 g/mol. The Bertz CT molecular complexity index is 1570. The van der Waals surface area contributed by atoms with Gasteiger partial charge < -0.3 is 20.1 Å². The van der Waals surface area contributed by atoms with Crippen molar-refractivity contribution < 1.29 is 32.2 Å². The molecule has 1 aromatic carbocycles. The molecule has 44 heavy (non-hydrogen) atoms. The van der Waals surface area contributed by atoms with Gasteiger partial charge in [0.25, 0.3) is 5.91 Å². The predicted molar refractivity (Wildman–Crippen MR) is 168 cm³/mol. The van der Waals surface area contributed by atoms with Crippen LogP contribution in [0.5, 0.6) is 5.75 Å². The van der Waals surface area contributed by atoms with Crippen molar-refractivity contribution in [2.24, 2.45) is 0 Å². The highest BCUT2D eigenvalue weighted by Crippen LogP contribution is 2.41. The third-order valence-corrected chi connectivity index (χ3v) is 8.31. The van der Waals surface area contributed by atoms with Gasteiger partial charge in [-0.3, -0.25) is 9.69 Å². The summed E-state index contributed by atoms with van der Waals surface area (Å²) in [5, 5.41) is 10.4. The lowest BCUT2D eigenvalue weighted by Crippen LogP contribution is -2.37. The van der Waals surface area contributed by atoms with Crippen LogP contribution in [0.3, 0.4) is 0 Å². The summed E-state index contributed by atoms with van der Waals surface area (Å²) >= 11 is 1.59. The van der Waals surface area contributed by atoms with E-state index in [-0.39, 0.29) is 57.8 Å². The summed E-state index contributed by atoms with van der Waals surface area (Å²) < 4.78 is 53.5. The zero-order valence-corrected chi connectivity index (χ0v) is 26.6. The first-order valence-electron chi connectivity index (χ1n) is 13.8. The Balaban J connectivity index is 1.74. The highest BCUT2D eigenvalue weighted by molar-refractivity contribution is 8.00. The van der Waals surface area contributed by atoms with E-state index in [2.05, 4.69) is 27.6 Å². The average molecular weight is 650 g/mol. The van der Waals surface area contributed by atoms with Crippen molar-refractivity contribution in [1.82, 2.24) is 14.9 Å². The van der Waals surface area contributed by atoms with Crippen molar-refractivity contribution in [3.63, 3.8) is 0 Å². The predicted octanol–water partition coefficient (Wildman–Crippen LogP) is 6.42. The van der Waals surface area contributed by atoms with Gasteiger partial charge in [0, 0.05) is 18.7 Å². The molecule has 4 rings (SSSR count). The molecule has 14 heteroatoms. The van der Waals surface area contributed by atoms with Gasteiger partial charge in [-0.05, 0) is 93.1 Å². The maximum atomic E-state index is 13.7. The first-order valence-corrected chi connectivity index (χ1v) is 15.8. The number of carbonyl (C=O) groups is 2. The van der Waals surface area contributed by atoms with E-state index in [1.807, 2.05) is 11.8 Å². The molecule has 9 nitrogen and oxygen atoms in total. The van der Waals surface area contributed by atoms with Gasteiger partial charge in [-0.25, -0.2) is 9.31 Å². The lowest BCUT2D eigenvalue weighted by atomic mass is 10.1. The number of anilines is 2. The summed E-state index contributed by atoms with van der Waals surface area (Å²) in [6, 6.07) is 9.73. The second-order valence-electron chi connectivity index (χ2n) is 10.8. The van der Waals surface area contributed by atoms with Crippen molar-refractivity contribution in [3.05, 3.63) is 47.7 Å². The minimum absolute atomic E-state index is 0.0770. The number of pyridine rings is 1. The van der Waals surface area contributed by atoms with Gasteiger partial charge in [-0.15, -0.1) is 0 Å². The van der Waals surface area contributed by atoms with Crippen molar-refractivity contribution in [3.8, 4) is 17.6 Å². The van der Waals surface area contributed by atoms with E-state index in [1.165, 1.54) is 41.8 Å². The Morgan fingerprint density at radius 2 is 1.91 bits per heavy atom. The van der Waals surface area contributed by atoms with Crippen LogP contribution in [0.25, 0.3) is 5.52 Å². The average Bonchev–Trinajstić information content (AvgIpc) is 3.30. The normalized spacial score (nSPS) is 14.0. The van der Waals surface area contributed by atoms with Gasteiger partial charge in [0.15, 0.2) is 0 Å². The Morgan fingerprint density at radius 3 is 2.55 bits per heavy atom. The van der Waals surface area contributed by atoms with Crippen LogP contribution in [0.4, 0.5) is 29.5 Å². The number of thioether (sulfide) groups is 2. The zero-order valence-electron chi connectivity index (χ0n) is 25.0. The van der Waals surface area contributed by atoms with Crippen molar-refractivity contribution in [1.29, 1.82) is 0 Å². The van der Waals surface area contributed by atoms with Crippen molar-refractivity contribution >= 4 is 52.5 Å². The van der Waals surface area contributed by atoms with Gasteiger partial charge >= 0.3 is 11.6 Å². The molecule has 2 amide bonds. The summed E-state index contributed by atoms with van der Waals surface area (Å²) in [5.74, 6) is 8.02.